The lowest BCUT2D eigenvalue weighted by atomic mass is 10.0. The van der Waals surface area contributed by atoms with Crippen LogP contribution in [0.15, 0.2) is 146 Å². The molecular formula is C36H31ClN10O18S6. The number of nitrogens with two attached hydrogens (primary N) is 3. The first-order valence-corrected chi connectivity index (χ1v) is 26.4. The number of anilines is 4. The van der Waals surface area contributed by atoms with Crippen molar-refractivity contribution < 1.29 is 81.3 Å². The highest BCUT2D eigenvalue weighted by Gasteiger charge is 2.27. The highest BCUT2D eigenvalue weighted by atomic mass is 35.5. The van der Waals surface area contributed by atoms with Gasteiger partial charge in [0.15, 0.2) is 27.9 Å². The lowest BCUT2D eigenvalue weighted by Gasteiger charge is -2.14. The average Bonchev–Trinajstić information content (AvgIpc) is 3.31. The van der Waals surface area contributed by atoms with E-state index in [1.165, 1.54) is 48.5 Å². The molecule has 0 fully saturated rings. The molecule has 0 aliphatic heterocycles. The van der Waals surface area contributed by atoms with Gasteiger partial charge in [-0.25, -0.2) is 27.4 Å². The van der Waals surface area contributed by atoms with Crippen LogP contribution < -0.4 is 21.9 Å². The molecule has 376 valence electrons. The molecule has 12 N–H and O–H groups in total. The quantitative estimate of drug-likeness (QED) is 0.00618. The maximum atomic E-state index is 13.2. The van der Waals surface area contributed by atoms with Gasteiger partial charge in [-0.2, -0.15) is 27.1 Å². The predicted octanol–water partition coefficient (Wildman–Crippen LogP) is 8.69. The number of sulfonamides is 1. The summed E-state index contributed by atoms with van der Waals surface area (Å²) in [6.07, 6.45) is 0. The average molecular weight is 1120 g/mol. The van der Waals surface area contributed by atoms with Crippen molar-refractivity contribution in [2.45, 2.75) is 24.5 Å². The molecule has 0 aliphatic rings. The lowest BCUT2D eigenvalue weighted by Crippen LogP contribution is -2.12. The third kappa shape index (κ3) is 13.4. The summed E-state index contributed by atoms with van der Waals surface area (Å²) >= 11 is 6.30. The number of azo groups is 3. The van der Waals surface area contributed by atoms with E-state index in [-0.39, 0.29) is 73.0 Å². The molecular weight excluding hydrogens is 1090 g/mol. The van der Waals surface area contributed by atoms with E-state index in [4.69, 9.17) is 43.5 Å². The number of nitrogens with one attached hydrogen (secondary N) is 1. The van der Waals surface area contributed by atoms with Gasteiger partial charge in [0.05, 0.1) is 73.0 Å². The van der Waals surface area contributed by atoms with Crippen LogP contribution in [0.3, 0.4) is 0 Å². The van der Waals surface area contributed by atoms with Gasteiger partial charge >= 0.3 is 0 Å². The van der Waals surface area contributed by atoms with Crippen molar-refractivity contribution in [2.75, 3.05) is 34.3 Å². The molecule has 35 heteroatoms. The highest BCUT2D eigenvalue weighted by Crippen LogP contribution is 2.49. The standard InChI is InChI=1S/C36H31ClN10O18S6/c37-24-15-28(26(39)16-25(24)38)44-41-18-1-3-20(4-2-18)47-69(53,54)21-7-5-19(6-8-21)42-46-35-32(71(58,59)60)14-23-30(66-64-62-49)17-29(34(40)33(23)36(35)48)45-43-27-10-9-22(13-31(27)70(55,56)57)68(51,52)12-11-61-67-65-63-50/h1-10,13-17,47-50H,11-12,38-40H2,(H,55,56,57)(H,58,59,60)/b44-41+,45-43+,46-42+. The first-order chi connectivity index (χ1) is 33.4. The smallest absolute Gasteiger partial charge is 0.296 e. The molecule has 6 aromatic rings. The van der Waals surface area contributed by atoms with Gasteiger partial charge in [0.2, 0.25) is 0 Å². The Hall–Kier alpha value is -6.19. The van der Waals surface area contributed by atoms with Crippen molar-refractivity contribution in [3.8, 4) is 5.75 Å². The normalized spacial score (nSPS) is 12.7. The van der Waals surface area contributed by atoms with Crippen LogP contribution in [0.5, 0.6) is 5.75 Å². The number of nitrogens with zero attached hydrogens (tertiary/aromatic N) is 6. The number of hydrogen-bond donors (Lipinski definition) is 9. The van der Waals surface area contributed by atoms with Crippen molar-refractivity contribution in [1.82, 2.24) is 0 Å². The number of sulfone groups is 1. The molecule has 0 amide bonds. The van der Waals surface area contributed by atoms with Crippen LogP contribution in [0.4, 0.5) is 56.9 Å². The number of phenolic OH excluding ortho intramolecular Hbond substituents is 1. The van der Waals surface area contributed by atoms with Crippen molar-refractivity contribution in [3.05, 3.63) is 96.0 Å². The zero-order chi connectivity index (χ0) is 51.9. The molecule has 0 heterocycles. The number of benzene rings is 6. The van der Waals surface area contributed by atoms with Gasteiger partial charge in [-0.05, 0) is 91.0 Å². The van der Waals surface area contributed by atoms with Crippen LogP contribution in [0.2, 0.25) is 5.02 Å². The topological polar surface area (TPSA) is 448 Å². The summed E-state index contributed by atoms with van der Waals surface area (Å²) in [7, 11) is -19.0. The molecule has 0 aliphatic carbocycles. The highest BCUT2D eigenvalue weighted by molar-refractivity contribution is 7.95. The fraction of sp³-hybridized carbons (Fsp3) is 0.0556. The minimum atomic E-state index is -5.27. The molecule has 0 spiro atoms. The van der Waals surface area contributed by atoms with Crippen LogP contribution in [-0.4, -0.2) is 70.8 Å². The maximum absolute atomic E-state index is 13.2. The number of nitrogen functional groups attached to an aromatic ring is 3. The summed E-state index contributed by atoms with van der Waals surface area (Å²) in [4.78, 5) is -3.23. The second-order valence-corrected chi connectivity index (χ2v) is 21.9. The molecule has 0 radical (unpaired) electrons. The second kappa shape index (κ2) is 22.5. The van der Waals surface area contributed by atoms with Crippen LogP contribution in [0.1, 0.15) is 0 Å². The Kier molecular flexibility index (Phi) is 17.1. The van der Waals surface area contributed by atoms with Gasteiger partial charge in [-0.15, -0.1) is 29.1 Å². The van der Waals surface area contributed by atoms with Gasteiger partial charge in [0, 0.05) is 16.0 Å². The van der Waals surface area contributed by atoms with Gasteiger partial charge < -0.3 is 22.3 Å². The van der Waals surface area contributed by atoms with E-state index in [1.54, 1.807) is 0 Å². The molecule has 0 saturated carbocycles. The third-order valence-corrected chi connectivity index (χ3v) is 15.3. The number of phenols is 1. The second-order valence-electron chi connectivity index (χ2n) is 13.6. The van der Waals surface area contributed by atoms with Crippen LogP contribution in [-0.2, 0) is 63.0 Å². The largest absolute Gasteiger partial charge is 0.505 e. The molecule has 0 aromatic heterocycles. The van der Waals surface area contributed by atoms with Gasteiger partial charge in [-0.3, -0.25) is 18.0 Å². The fourth-order valence-electron chi connectivity index (χ4n) is 5.82. The predicted molar refractivity (Wildman–Crippen MR) is 254 cm³/mol. The Bertz CT molecular complexity index is 3560. The molecule has 0 atom stereocenters. The fourth-order valence-corrected chi connectivity index (χ4v) is 10.4. The summed E-state index contributed by atoms with van der Waals surface area (Å²) < 4.78 is 138. The van der Waals surface area contributed by atoms with E-state index in [2.05, 4.69) is 54.2 Å². The van der Waals surface area contributed by atoms with E-state index in [0.717, 1.165) is 36.4 Å². The number of fused-ring (bicyclic) bond motifs is 1. The van der Waals surface area contributed by atoms with Gasteiger partial charge in [-0.1, -0.05) is 21.7 Å². The van der Waals surface area contributed by atoms with Crippen molar-refractivity contribution in [2.24, 2.45) is 30.7 Å². The monoisotopic (exact) mass is 1120 g/mol. The van der Waals surface area contributed by atoms with Gasteiger partial charge in [0.1, 0.15) is 32.5 Å². The molecule has 71 heavy (non-hydrogen) atoms. The van der Waals surface area contributed by atoms with Crippen LogP contribution in [0.25, 0.3) is 10.8 Å². The van der Waals surface area contributed by atoms with E-state index >= 15 is 0 Å². The minimum absolute atomic E-state index is 0.0876. The van der Waals surface area contributed by atoms with Crippen molar-refractivity contribution >= 4 is 144 Å². The molecule has 0 unspecified atom stereocenters. The maximum Gasteiger partial charge on any atom is 0.296 e. The summed E-state index contributed by atoms with van der Waals surface area (Å²) in [6.45, 7) is -0.540. The Labute approximate surface area is 413 Å². The van der Waals surface area contributed by atoms with E-state index in [1.807, 2.05) is 0 Å². The van der Waals surface area contributed by atoms with E-state index in [0.29, 0.717) is 11.8 Å². The first kappa shape index (κ1) is 54.1. The summed E-state index contributed by atoms with van der Waals surface area (Å²) in [6, 6.07) is 17.3. The zero-order valence-corrected chi connectivity index (χ0v) is 40.5. The Morgan fingerprint density at radius 2 is 1.23 bits per heavy atom. The number of halogens is 1. The Morgan fingerprint density at radius 3 is 1.86 bits per heavy atom. The van der Waals surface area contributed by atoms with Crippen LogP contribution >= 0.6 is 36.0 Å². The summed E-state index contributed by atoms with van der Waals surface area (Å²) in [5.41, 5.74) is 16.6. The molecule has 28 nitrogen and oxygen atoms in total. The minimum Gasteiger partial charge on any atom is -0.505 e. The van der Waals surface area contributed by atoms with E-state index in [9.17, 15) is 47.9 Å². The number of rotatable bonds is 21. The van der Waals surface area contributed by atoms with Gasteiger partial charge in [0.25, 0.3) is 30.3 Å². The zero-order valence-electron chi connectivity index (χ0n) is 34.9. The molecule has 0 bridgehead atoms. The van der Waals surface area contributed by atoms with Crippen molar-refractivity contribution in [1.29, 1.82) is 0 Å². The lowest BCUT2D eigenvalue weighted by molar-refractivity contribution is -0.434. The number of aromatic hydroxyl groups is 1. The first-order valence-electron chi connectivity index (χ1n) is 18.6. The third-order valence-electron chi connectivity index (χ3n) is 9.08. The SMILES string of the molecule is Nc1cc(N)c(/N=N/c2ccc(NS(=O)(=O)c3ccc(/N=N/c4c(S(=O)(=O)O)cc5c(SOOO)cc(/N=N/c6ccc(S(=O)(=O)CCOSOOO)cc6S(=O)(=O)O)c(N)c5c4O)cc3)cc2)cc1Cl. The Morgan fingerprint density at radius 1 is 0.634 bits per heavy atom. The Balaban J connectivity index is 1.30. The summed E-state index contributed by atoms with van der Waals surface area (Å²) in [5, 5.41) is 58.4. The van der Waals surface area contributed by atoms with E-state index < -0.39 is 101 Å². The molecule has 6 aromatic carbocycles. The summed E-state index contributed by atoms with van der Waals surface area (Å²) in [5.74, 6) is -1.82. The number of hydrogen-bond acceptors (Lipinski definition) is 27. The van der Waals surface area contributed by atoms with Crippen LogP contribution in [0, 0.1) is 0 Å². The molecule has 6 rings (SSSR count). The van der Waals surface area contributed by atoms with Crippen molar-refractivity contribution in [3.63, 3.8) is 0 Å². The molecule has 0 saturated heterocycles.